The first kappa shape index (κ1) is 20.0. The zero-order valence-electron chi connectivity index (χ0n) is 17.2. The Morgan fingerprint density at radius 3 is 2.94 bits per heavy atom. The van der Waals surface area contributed by atoms with Gasteiger partial charge in [-0.2, -0.15) is 5.10 Å². The normalized spacial score (nSPS) is 15.4. The van der Waals surface area contributed by atoms with E-state index >= 15 is 0 Å². The van der Waals surface area contributed by atoms with Crippen LogP contribution >= 0.6 is 23.1 Å². The van der Waals surface area contributed by atoms with Gasteiger partial charge in [-0.15, -0.1) is 11.3 Å². The molecule has 0 spiro atoms. The second-order valence-electron chi connectivity index (χ2n) is 7.68. The first-order chi connectivity index (χ1) is 15.0. The predicted molar refractivity (Wildman–Crippen MR) is 123 cm³/mol. The van der Waals surface area contributed by atoms with Gasteiger partial charge in [0.25, 0.3) is 5.56 Å². The third-order valence-electron chi connectivity index (χ3n) is 5.41. The molecule has 1 aliphatic heterocycles. The van der Waals surface area contributed by atoms with Crippen molar-refractivity contribution >= 4 is 40.0 Å². The molecule has 1 N–H and O–H groups in total. The summed E-state index contributed by atoms with van der Waals surface area (Å²) in [5.41, 5.74) is 3.56. The summed E-state index contributed by atoms with van der Waals surface area (Å²) < 4.78 is 3.39. The van der Waals surface area contributed by atoms with E-state index in [0.717, 1.165) is 16.1 Å². The zero-order chi connectivity index (χ0) is 21.5. The molecule has 4 aromatic rings. The molecule has 0 fully saturated rings. The number of nitrogens with one attached hydrogen (secondary N) is 1. The van der Waals surface area contributed by atoms with E-state index in [9.17, 15) is 9.59 Å². The van der Waals surface area contributed by atoms with Gasteiger partial charge in [-0.3, -0.25) is 14.2 Å². The number of carbonyl (C=O) groups excluding carboxylic acids is 1. The van der Waals surface area contributed by atoms with Crippen LogP contribution in [-0.2, 0) is 11.3 Å². The fraction of sp³-hybridized carbons (Fsp3) is 0.273. The van der Waals surface area contributed by atoms with Crippen LogP contribution in [0.1, 0.15) is 28.5 Å². The fourth-order valence-corrected chi connectivity index (χ4v) is 5.66. The summed E-state index contributed by atoms with van der Waals surface area (Å²) in [6.07, 6.45) is 1.83. The highest BCUT2D eigenvalue weighted by molar-refractivity contribution is 7.99. The second-order valence-corrected chi connectivity index (χ2v) is 9.70. The number of hydrogen-bond donors (Lipinski definition) is 1. The standard InChI is InChI=1S/C22H21N5O2S2/c1-13-5-6-18(14(2)8-13)27-20-17(11-24-27)21(29)26-15(12-31-22(26)25-20)9-19(28)23-10-16-4-3-7-30-16/h3-8,11,15H,9-10,12H2,1-2H3,(H,23,28). The molecule has 7 nitrogen and oxygen atoms in total. The highest BCUT2D eigenvalue weighted by Crippen LogP contribution is 2.33. The van der Waals surface area contributed by atoms with Crippen LogP contribution in [0.5, 0.6) is 0 Å². The molecule has 0 radical (unpaired) electrons. The number of amides is 1. The van der Waals surface area contributed by atoms with Gasteiger partial charge in [0.15, 0.2) is 10.8 Å². The minimum atomic E-state index is -0.211. The third kappa shape index (κ3) is 3.68. The van der Waals surface area contributed by atoms with Crippen molar-refractivity contribution in [3.8, 4) is 5.69 Å². The minimum Gasteiger partial charge on any atom is -0.351 e. The average molecular weight is 452 g/mol. The molecule has 1 amide bonds. The van der Waals surface area contributed by atoms with Gasteiger partial charge in [0, 0.05) is 17.1 Å². The molecule has 1 atom stereocenters. The second kappa shape index (κ2) is 7.97. The van der Waals surface area contributed by atoms with Crippen molar-refractivity contribution in [3.05, 3.63) is 68.3 Å². The van der Waals surface area contributed by atoms with Crippen LogP contribution in [0.4, 0.5) is 0 Å². The maximum Gasteiger partial charge on any atom is 0.265 e. The lowest BCUT2D eigenvalue weighted by atomic mass is 10.1. The molecule has 4 heterocycles. The van der Waals surface area contributed by atoms with Crippen LogP contribution < -0.4 is 10.9 Å². The van der Waals surface area contributed by atoms with Crippen molar-refractivity contribution in [3.63, 3.8) is 0 Å². The maximum atomic E-state index is 13.3. The number of nitrogens with zero attached hydrogens (tertiary/aromatic N) is 4. The van der Waals surface area contributed by atoms with Gasteiger partial charge in [-0.25, -0.2) is 9.67 Å². The fourth-order valence-electron chi connectivity index (χ4n) is 3.89. The average Bonchev–Trinajstić information content (AvgIpc) is 3.47. The van der Waals surface area contributed by atoms with Gasteiger partial charge in [-0.1, -0.05) is 35.5 Å². The number of fused-ring (bicyclic) bond motifs is 2. The molecule has 9 heteroatoms. The van der Waals surface area contributed by atoms with E-state index in [1.165, 1.54) is 17.3 Å². The molecule has 0 aliphatic carbocycles. The first-order valence-corrected chi connectivity index (χ1v) is 11.9. The van der Waals surface area contributed by atoms with Crippen LogP contribution in [0.2, 0.25) is 0 Å². The number of aromatic nitrogens is 4. The smallest absolute Gasteiger partial charge is 0.265 e. The summed E-state index contributed by atoms with van der Waals surface area (Å²) in [5, 5.41) is 10.5. The molecule has 0 bridgehead atoms. The summed E-state index contributed by atoms with van der Waals surface area (Å²) in [7, 11) is 0. The van der Waals surface area contributed by atoms with Crippen LogP contribution in [0.25, 0.3) is 16.7 Å². The summed E-state index contributed by atoms with van der Waals surface area (Å²) in [5.74, 6) is 0.586. The molecule has 0 saturated carbocycles. The van der Waals surface area contributed by atoms with Gasteiger partial charge in [0.05, 0.1) is 24.5 Å². The van der Waals surface area contributed by atoms with Gasteiger partial charge in [-0.05, 0) is 36.9 Å². The van der Waals surface area contributed by atoms with Gasteiger partial charge in [0.1, 0.15) is 5.39 Å². The van der Waals surface area contributed by atoms with Crippen LogP contribution in [0.3, 0.4) is 0 Å². The van der Waals surface area contributed by atoms with E-state index in [1.54, 1.807) is 26.8 Å². The largest absolute Gasteiger partial charge is 0.351 e. The number of carbonyl (C=O) groups is 1. The summed E-state index contributed by atoms with van der Waals surface area (Å²) in [4.78, 5) is 31.6. The predicted octanol–water partition coefficient (Wildman–Crippen LogP) is 3.61. The van der Waals surface area contributed by atoms with E-state index in [0.29, 0.717) is 28.5 Å². The van der Waals surface area contributed by atoms with E-state index in [1.807, 2.05) is 43.5 Å². The van der Waals surface area contributed by atoms with Crippen molar-refractivity contribution in [2.45, 2.75) is 38.0 Å². The number of hydrogen-bond acceptors (Lipinski definition) is 6. The quantitative estimate of drug-likeness (QED) is 0.469. The molecule has 1 unspecified atom stereocenters. The monoisotopic (exact) mass is 451 g/mol. The zero-order valence-corrected chi connectivity index (χ0v) is 18.8. The van der Waals surface area contributed by atoms with E-state index in [2.05, 4.69) is 16.5 Å². The highest BCUT2D eigenvalue weighted by atomic mass is 32.2. The molecule has 5 rings (SSSR count). The van der Waals surface area contributed by atoms with Crippen molar-refractivity contribution in [2.75, 3.05) is 5.75 Å². The Morgan fingerprint density at radius 1 is 1.29 bits per heavy atom. The van der Waals surface area contributed by atoms with Gasteiger partial charge < -0.3 is 5.32 Å². The number of benzene rings is 1. The summed E-state index contributed by atoms with van der Waals surface area (Å²) in [6, 6.07) is 9.85. The van der Waals surface area contributed by atoms with Crippen LogP contribution in [0.15, 0.2) is 51.9 Å². The van der Waals surface area contributed by atoms with Crippen molar-refractivity contribution in [1.82, 2.24) is 24.6 Å². The molecule has 1 aliphatic rings. The van der Waals surface area contributed by atoms with Crippen molar-refractivity contribution in [2.24, 2.45) is 0 Å². The number of thiophene rings is 1. The molecule has 3 aromatic heterocycles. The Kier molecular flexibility index (Phi) is 5.15. The van der Waals surface area contributed by atoms with E-state index in [4.69, 9.17) is 4.98 Å². The highest BCUT2D eigenvalue weighted by Gasteiger charge is 2.29. The lowest BCUT2D eigenvalue weighted by molar-refractivity contribution is -0.121. The van der Waals surface area contributed by atoms with Crippen LogP contribution in [-0.4, -0.2) is 31.0 Å². The molecule has 1 aromatic carbocycles. The van der Waals surface area contributed by atoms with Crippen molar-refractivity contribution < 1.29 is 4.79 Å². The Hall–Kier alpha value is -2.91. The summed E-state index contributed by atoms with van der Waals surface area (Å²) in [6.45, 7) is 4.58. The third-order valence-corrected chi connectivity index (χ3v) is 7.39. The molecular weight excluding hydrogens is 430 g/mol. The topological polar surface area (TPSA) is 81.8 Å². The minimum absolute atomic E-state index is 0.0650. The maximum absolute atomic E-state index is 13.3. The SMILES string of the molecule is Cc1ccc(-n2ncc3c(=O)n4c(nc32)SCC4CC(=O)NCc2cccs2)c(C)c1. The Bertz CT molecular complexity index is 1340. The summed E-state index contributed by atoms with van der Waals surface area (Å²) >= 11 is 3.12. The van der Waals surface area contributed by atoms with Gasteiger partial charge in [0.2, 0.25) is 5.91 Å². The lowest BCUT2D eigenvalue weighted by Gasteiger charge is -2.13. The lowest BCUT2D eigenvalue weighted by Crippen LogP contribution is -2.30. The van der Waals surface area contributed by atoms with Crippen molar-refractivity contribution in [1.29, 1.82) is 0 Å². The Labute approximate surface area is 187 Å². The van der Waals surface area contributed by atoms with E-state index in [-0.39, 0.29) is 23.9 Å². The van der Waals surface area contributed by atoms with Crippen LogP contribution in [0, 0.1) is 13.8 Å². The molecular formula is C22H21N5O2S2. The van der Waals surface area contributed by atoms with E-state index < -0.39 is 0 Å². The Morgan fingerprint density at radius 2 is 2.16 bits per heavy atom. The molecule has 158 valence electrons. The van der Waals surface area contributed by atoms with Gasteiger partial charge >= 0.3 is 0 Å². The first-order valence-electron chi connectivity index (χ1n) is 10.0. The molecule has 0 saturated heterocycles. The number of aryl methyl sites for hydroxylation is 2. The number of thioether (sulfide) groups is 1. The molecule has 31 heavy (non-hydrogen) atoms. The Balaban J connectivity index is 1.44. The number of rotatable bonds is 5.